The smallest absolute Gasteiger partial charge is 0.227 e. The highest BCUT2D eigenvalue weighted by atomic mass is 16.5. The normalized spacial score (nSPS) is 28.1. The Balaban J connectivity index is 1.94. The Morgan fingerprint density at radius 1 is 1.58 bits per heavy atom. The monoisotopic (exact) mass is 267 g/mol. The standard InChI is InChI=1S/C13H19N2O4/c1-8(13(14)18)4-5-11(17)15-6-2-3-10-12(15)9(16)7-19-10/h5,8,10,12H,2-4,6-7H2,1H3,(H2,14,18)/t8?,10-,12?/m0/s1. The molecule has 2 amide bonds. The van der Waals surface area contributed by atoms with Crippen molar-refractivity contribution in [2.24, 2.45) is 11.7 Å². The van der Waals surface area contributed by atoms with Crippen molar-refractivity contribution < 1.29 is 19.1 Å². The zero-order chi connectivity index (χ0) is 14.0. The maximum atomic E-state index is 12.1. The molecule has 2 fully saturated rings. The number of primary amides is 1. The minimum absolute atomic E-state index is 0.0330. The molecule has 2 rings (SSSR count). The molecular formula is C13H19N2O4. The topological polar surface area (TPSA) is 89.7 Å². The fourth-order valence-electron chi connectivity index (χ4n) is 2.55. The molecule has 2 aliphatic rings. The number of hydrogen-bond acceptors (Lipinski definition) is 4. The minimum Gasteiger partial charge on any atom is -0.369 e. The summed E-state index contributed by atoms with van der Waals surface area (Å²) >= 11 is 0. The molecular weight excluding hydrogens is 248 g/mol. The van der Waals surface area contributed by atoms with Gasteiger partial charge in [-0.05, 0) is 19.3 Å². The quantitative estimate of drug-likeness (QED) is 0.754. The largest absolute Gasteiger partial charge is 0.369 e. The van der Waals surface area contributed by atoms with Crippen LogP contribution in [0.3, 0.4) is 0 Å². The lowest BCUT2D eigenvalue weighted by Gasteiger charge is -2.35. The van der Waals surface area contributed by atoms with E-state index in [4.69, 9.17) is 10.5 Å². The minimum atomic E-state index is -0.443. The van der Waals surface area contributed by atoms with Gasteiger partial charge >= 0.3 is 0 Å². The molecule has 2 heterocycles. The van der Waals surface area contributed by atoms with Crippen LogP contribution >= 0.6 is 0 Å². The van der Waals surface area contributed by atoms with Gasteiger partial charge in [0.25, 0.3) is 0 Å². The second kappa shape index (κ2) is 5.69. The van der Waals surface area contributed by atoms with Crippen molar-refractivity contribution >= 4 is 17.6 Å². The first-order chi connectivity index (χ1) is 9.00. The molecule has 19 heavy (non-hydrogen) atoms. The number of fused-ring (bicyclic) bond motifs is 1. The highest BCUT2D eigenvalue weighted by molar-refractivity contribution is 5.94. The maximum absolute atomic E-state index is 12.1. The SMILES string of the molecule is CC(C[CH]C(=O)N1CCC[C@@H]2OCC(=O)C21)C(N)=O. The van der Waals surface area contributed by atoms with Crippen LogP contribution in [0.1, 0.15) is 26.2 Å². The van der Waals surface area contributed by atoms with E-state index in [1.165, 1.54) is 6.42 Å². The average Bonchev–Trinajstić information content (AvgIpc) is 2.77. The van der Waals surface area contributed by atoms with Crippen molar-refractivity contribution in [3.05, 3.63) is 6.42 Å². The van der Waals surface area contributed by atoms with Gasteiger partial charge in [0.2, 0.25) is 11.8 Å². The van der Waals surface area contributed by atoms with Crippen LogP contribution in [0.2, 0.25) is 0 Å². The zero-order valence-corrected chi connectivity index (χ0v) is 11.0. The van der Waals surface area contributed by atoms with Gasteiger partial charge < -0.3 is 15.4 Å². The predicted molar refractivity (Wildman–Crippen MR) is 66.8 cm³/mol. The molecule has 105 valence electrons. The van der Waals surface area contributed by atoms with Crippen LogP contribution < -0.4 is 5.73 Å². The second-order valence-electron chi connectivity index (χ2n) is 5.18. The number of piperidine rings is 1. The van der Waals surface area contributed by atoms with Crippen molar-refractivity contribution in [2.45, 2.75) is 38.3 Å². The summed E-state index contributed by atoms with van der Waals surface area (Å²) in [6, 6.07) is -0.443. The van der Waals surface area contributed by atoms with Crippen molar-refractivity contribution in [1.29, 1.82) is 0 Å². The first-order valence-electron chi connectivity index (χ1n) is 6.58. The summed E-state index contributed by atoms with van der Waals surface area (Å²) in [6.45, 7) is 2.34. The van der Waals surface area contributed by atoms with Gasteiger partial charge in [-0.1, -0.05) is 6.92 Å². The van der Waals surface area contributed by atoms with Gasteiger partial charge in [0.05, 0.1) is 12.5 Å². The highest BCUT2D eigenvalue weighted by Crippen LogP contribution is 2.27. The third-order valence-electron chi connectivity index (χ3n) is 3.76. The molecule has 6 heteroatoms. The summed E-state index contributed by atoms with van der Waals surface area (Å²) in [4.78, 5) is 36.4. The van der Waals surface area contributed by atoms with Crippen molar-refractivity contribution in [2.75, 3.05) is 13.2 Å². The molecule has 6 nitrogen and oxygen atoms in total. The van der Waals surface area contributed by atoms with E-state index in [1.807, 2.05) is 0 Å². The molecule has 0 spiro atoms. The van der Waals surface area contributed by atoms with E-state index in [0.29, 0.717) is 13.0 Å². The molecule has 2 unspecified atom stereocenters. The Bertz CT molecular complexity index is 396. The van der Waals surface area contributed by atoms with Crippen LogP contribution in [-0.2, 0) is 19.1 Å². The number of hydrogen-bond donors (Lipinski definition) is 1. The number of nitrogens with two attached hydrogens (primary N) is 1. The molecule has 2 aliphatic heterocycles. The number of nitrogens with zero attached hydrogens (tertiary/aromatic N) is 1. The van der Waals surface area contributed by atoms with E-state index in [9.17, 15) is 14.4 Å². The first kappa shape index (κ1) is 14.0. The maximum Gasteiger partial charge on any atom is 0.227 e. The Labute approximate surface area is 112 Å². The number of rotatable bonds is 4. The van der Waals surface area contributed by atoms with Gasteiger partial charge in [0, 0.05) is 12.5 Å². The van der Waals surface area contributed by atoms with Crippen LogP contribution in [0.25, 0.3) is 0 Å². The summed E-state index contributed by atoms with van der Waals surface area (Å²) < 4.78 is 5.38. The van der Waals surface area contributed by atoms with Crippen molar-refractivity contribution in [3.8, 4) is 0 Å². The third-order valence-corrected chi connectivity index (χ3v) is 3.76. The van der Waals surface area contributed by atoms with Gasteiger partial charge in [-0.15, -0.1) is 0 Å². The van der Waals surface area contributed by atoms with E-state index < -0.39 is 11.9 Å². The van der Waals surface area contributed by atoms with Crippen LogP contribution in [0.5, 0.6) is 0 Å². The van der Waals surface area contributed by atoms with E-state index in [-0.39, 0.29) is 30.3 Å². The van der Waals surface area contributed by atoms with Crippen LogP contribution in [0, 0.1) is 12.3 Å². The van der Waals surface area contributed by atoms with Crippen molar-refractivity contribution in [3.63, 3.8) is 0 Å². The summed E-state index contributed by atoms with van der Waals surface area (Å²) in [5, 5.41) is 0. The molecule has 0 aromatic heterocycles. The van der Waals surface area contributed by atoms with Crippen LogP contribution in [0.15, 0.2) is 0 Å². The number of ether oxygens (including phenoxy) is 1. The molecule has 2 saturated heterocycles. The summed E-state index contributed by atoms with van der Waals surface area (Å²) in [5.41, 5.74) is 5.15. The fourth-order valence-corrected chi connectivity index (χ4v) is 2.55. The number of amides is 2. The lowest BCUT2D eigenvalue weighted by molar-refractivity contribution is -0.138. The summed E-state index contributed by atoms with van der Waals surface area (Å²) in [7, 11) is 0. The summed E-state index contributed by atoms with van der Waals surface area (Å²) in [5.74, 6) is -1.04. The van der Waals surface area contributed by atoms with Gasteiger partial charge in [-0.2, -0.15) is 0 Å². The van der Waals surface area contributed by atoms with Gasteiger partial charge in [0.15, 0.2) is 5.78 Å². The number of carbonyl (C=O) groups is 3. The van der Waals surface area contributed by atoms with E-state index >= 15 is 0 Å². The molecule has 0 aromatic carbocycles. The Morgan fingerprint density at radius 3 is 3.00 bits per heavy atom. The van der Waals surface area contributed by atoms with Gasteiger partial charge in [-0.25, -0.2) is 0 Å². The number of ketones is 1. The lowest BCUT2D eigenvalue weighted by atomic mass is 9.96. The lowest BCUT2D eigenvalue weighted by Crippen LogP contribution is -2.52. The average molecular weight is 267 g/mol. The van der Waals surface area contributed by atoms with Gasteiger partial charge in [-0.3, -0.25) is 14.4 Å². The Morgan fingerprint density at radius 2 is 2.32 bits per heavy atom. The number of likely N-dealkylation sites (tertiary alicyclic amines) is 1. The molecule has 0 bridgehead atoms. The predicted octanol–water partition coefficient (Wildman–Crippen LogP) is -0.339. The fraction of sp³-hybridized carbons (Fsp3) is 0.692. The Kier molecular flexibility index (Phi) is 4.19. The number of Topliss-reactive ketones (excluding diaryl/α,β-unsaturated/α-hetero) is 1. The molecule has 0 aromatic rings. The zero-order valence-electron chi connectivity index (χ0n) is 11.0. The van der Waals surface area contributed by atoms with E-state index in [0.717, 1.165) is 12.8 Å². The third kappa shape index (κ3) is 2.94. The van der Waals surface area contributed by atoms with E-state index in [1.54, 1.807) is 11.8 Å². The highest BCUT2D eigenvalue weighted by Gasteiger charge is 2.44. The molecule has 1 radical (unpaired) electrons. The van der Waals surface area contributed by atoms with E-state index in [2.05, 4.69) is 0 Å². The molecule has 2 N–H and O–H groups in total. The van der Waals surface area contributed by atoms with Crippen LogP contribution in [0.4, 0.5) is 0 Å². The summed E-state index contributed by atoms with van der Waals surface area (Å²) in [6.07, 6.45) is 3.24. The second-order valence-corrected chi connectivity index (χ2v) is 5.18. The first-order valence-corrected chi connectivity index (χ1v) is 6.58. The molecule has 3 atom stereocenters. The van der Waals surface area contributed by atoms with Gasteiger partial charge in [0.1, 0.15) is 12.6 Å². The number of carbonyl (C=O) groups excluding carboxylic acids is 3. The molecule has 0 aliphatic carbocycles. The van der Waals surface area contributed by atoms with Crippen molar-refractivity contribution in [1.82, 2.24) is 4.90 Å². The molecule has 0 saturated carbocycles. The van der Waals surface area contributed by atoms with Crippen LogP contribution in [-0.4, -0.2) is 47.8 Å². The Hall–Kier alpha value is -1.43.